The summed E-state index contributed by atoms with van der Waals surface area (Å²) >= 11 is 0. The monoisotopic (exact) mass is 251 g/mol. The van der Waals surface area contributed by atoms with E-state index in [9.17, 15) is 13.2 Å². The standard InChI is InChI=1S/C14H10F3O/c1-10-2-4-11(5-3-10)12-6-8-13(9-7-12)18-14(15,16)17/h2-9H,1H2. The molecular weight excluding hydrogens is 241 g/mol. The van der Waals surface area contributed by atoms with Crippen LogP contribution in [0.15, 0.2) is 48.5 Å². The van der Waals surface area contributed by atoms with E-state index in [4.69, 9.17) is 0 Å². The van der Waals surface area contributed by atoms with Crippen molar-refractivity contribution in [2.24, 2.45) is 0 Å². The van der Waals surface area contributed by atoms with E-state index in [1.54, 1.807) is 12.1 Å². The Hall–Kier alpha value is -1.97. The molecule has 4 heteroatoms. The molecule has 0 unspecified atom stereocenters. The molecule has 0 fully saturated rings. The molecule has 18 heavy (non-hydrogen) atoms. The zero-order chi connectivity index (χ0) is 13.2. The number of halogens is 3. The third-order valence-electron chi connectivity index (χ3n) is 2.38. The largest absolute Gasteiger partial charge is 0.573 e. The van der Waals surface area contributed by atoms with Crippen molar-refractivity contribution in [2.45, 2.75) is 6.36 Å². The lowest BCUT2D eigenvalue weighted by Crippen LogP contribution is -2.16. The Bertz CT molecular complexity index is 512. The molecule has 0 aliphatic heterocycles. The minimum absolute atomic E-state index is 0.222. The maximum absolute atomic E-state index is 12.0. The molecule has 1 radical (unpaired) electrons. The van der Waals surface area contributed by atoms with E-state index in [1.807, 2.05) is 24.3 Å². The van der Waals surface area contributed by atoms with Crippen molar-refractivity contribution >= 4 is 0 Å². The van der Waals surface area contributed by atoms with Gasteiger partial charge in [0.15, 0.2) is 0 Å². The van der Waals surface area contributed by atoms with E-state index in [1.165, 1.54) is 12.1 Å². The van der Waals surface area contributed by atoms with Crippen molar-refractivity contribution < 1.29 is 17.9 Å². The second-order valence-corrected chi connectivity index (χ2v) is 3.77. The van der Waals surface area contributed by atoms with Gasteiger partial charge >= 0.3 is 6.36 Å². The molecule has 0 saturated carbocycles. The second kappa shape index (κ2) is 4.72. The van der Waals surface area contributed by atoms with Gasteiger partial charge in [-0.05, 0) is 35.7 Å². The van der Waals surface area contributed by atoms with Crippen molar-refractivity contribution in [3.8, 4) is 16.9 Å². The van der Waals surface area contributed by atoms with Crippen molar-refractivity contribution in [3.05, 3.63) is 61.0 Å². The third-order valence-corrected chi connectivity index (χ3v) is 2.38. The highest BCUT2D eigenvalue weighted by molar-refractivity contribution is 5.64. The average molecular weight is 251 g/mol. The molecule has 0 N–H and O–H groups in total. The van der Waals surface area contributed by atoms with Crippen LogP contribution in [0.4, 0.5) is 13.2 Å². The molecule has 0 aliphatic rings. The Morgan fingerprint density at radius 2 is 1.22 bits per heavy atom. The van der Waals surface area contributed by atoms with Crippen LogP contribution in [-0.2, 0) is 0 Å². The Morgan fingerprint density at radius 1 is 0.778 bits per heavy atom. The summed E-state index contributed by atoms with van der Waals surface area (Å²) in [5, 5.41) is 0. The summed E-state index contributed by atoms with van der Waals surface area (Å²) in [6.07, 6.45) is -4.66. The molecule has 93 valence electrons. The van der Waals surface area contributed by atoms with E-state index in [0.29, 0.717) is 0 Å². The van der Waals surface area contributed by atoms with Crippen LogP contribution in [0.25, 0.3) is 11.1 Å². The van der Waals surface area contributed by atoms with Crippen molar-refractivity contribution in [2.75, 3.05) is 0 Å². The maximum Gasteiger partial charge on any atom is 0.573 e. The van der Waals surface area contributed by atoms with Crippen LogP contribution in [-0.4, -0.2) is 6.36 Å². The van der Waals surface area contributed by atoms with E-state index in [0.717, 1.165) is 16.7 Å². The Labute approximate surface area is 103 Å². The average Bonchev–Trinajstić information content (AvgIpc) is 2.29. The Morgan fingerprint density at radius 3 is 1.67 bits per heavy atom. The number of rotatable bonds is 2. The summed E-state index contributed by atoms with van der Waals surface area (Å²) in [5.41, 5.74) is 2.63. The van der Waals surface area contributed by atoms with Gasteiger partial charge in [-0.3, -0.25) is 0 Å². The fourth-order valence-electron chi connectivity index (χ4n) is 1.55. The first kappa shape index (κ1) is 12.5. The van der Waals surface area contributed by atoms with Gasteiger partial charge in [0.2, 0.25) is 0 Å². The molecule has 2 rings (SSSR count). The fourth-order valence-corrected chi connectivity index (χ4v) is 1.55. The van der Waals surface area contributed by atoms with Crippen LogP contribution >= 0.6 is 0 Å². The van der Waals surface area contributed by atoms with Gasteiger partial charge < -0.3 is 4.74 Å². The van der Waals surface area contributed by atoms with Gasteiger partial charge in [-0.15, -0.1) is 13.2 Å². The molecule has 0 aliphatic carbocycles. The number of benzene rings is 2. The quantitative estimate of drug-likeness (QED) is 0.767. The van der Waals surface area contributed by atoms with Crippen molar-refractivity contribution in [3.63, 3.8) is 0 Å². The number of hydrogen-bond donors (Lipinski definition) is 0. The summed E-state index contributed by atoms with van der Waals surface area (Å²) in [6.45, 7) is 3.76. The van der Waals surface area contributed by atoms with Gasteiger partial charge in [0.05, 0.1) is 0 Å². The molecule has 0 atom stereocenters. The smallest absolute Gasteiger partial charge is 0.406 e. The summed E-state index contributed by atoms with van der Waals surface area (Å²) in [4.78, 5) is 0. The van der Waals surface area contributed by atoms with Crippen LogP contribution in [0, 0.1) is 6.92 Å². The van der Waals surface area contributed by atoms with Gasteiger partial charge in [-0.25, -0.2) is 0 Å². The molecule has 0 saturated heterocycles. The van der Waals surface area contributed by atoms with Gasteiger partial charge in [-0.1, -0.05) is 36.4 Å². The molecular formula is C14H10F3O. The fraction of sp³-hybridized carbons (Fsp3) is 0.0714. The number of alkyl halides is 3. The van der Waals surface area contributed by atoms with Crippen LogP contribution < -0.4 is 4.74 Å². The highest BCUT2D eigenvalue weighted by atomic mass is 19.4. The van der Waals surface area contributed by atoms with E-state index in [-0.39, 0.29) is 5.75 Å². The first-order valence-corrected chi connectivity index (χ1v) is 5.22. The summed E-state index contributed by atoms with van der Waals surface area (Å²) in [5.74, 6) is -0.222. The lowest BCUT2D eigenvalue weighted by atomic mass is 10.0. The second-order valence-electron chi connectivity index (χ2n) is 3.77. The van der Waals surface area contributed by atoms with E-state index in [2.05, 4.69) is 11.7 Å². The molecule has 0 bridgehead atoms. The van der Waals surface area contributed by atoms with E-state index < -0.39 is 6.36 Å². The Balaban J connectivity index is 2.20. The highest BCUT2D eigenvalue weighted by Gasteiger charge is 2.30. The zero-order valence-electron chi connectivity index (χ0n) is 9.37. The SMILES string of the molecule is [CH2]c1ccc(-c2ccc(OC(F)(F)F)cc2)cc1. The predicted molar refractivity (Wildman–Crippen MR) is 63.0 cm³/mol. The lowest BCUT2D eigenvalue weighted by Gasteiger charge is -2.09. The predicted octanol–water partition coefficient (Wildman–Crippen LogP) is 4.43. The highest BCUT2D eigenvalue weighted by Crippen LogP contribution is 2.26. The van der Waals surface area contributed by atoms with Crippen LogP contribution in [0.2, 0.25) is 0 Å². The number of hydrogen-bond acceptors (Lipinski definition) is 1. The van der Waals surface area contributed by atoms with Crippen LogP contribution in [0.1, 0.15) is 5.56 Å². The van der Waals surface area contributed by atoms with Crippen LogP contribution in [0.5, 0.6) is 5.75 Å². The third kappa shape index (κ3) is 3.26. The van der Waals surface area contributed by atoms with Crippen molar-refractivity contribution in [1.29, 1.82) is 0 Å². The minimum atomic E-state index is -4.66. The molecule has 1 nitrogen and oxygen atoms in total. The minimum Gasteiger partial charge on any atom is -0.406 e. The molecule has 0 aromatic heterocycles. The van der Waals surface area contributed by atoms with E-state index >= 15 is 0 Å². The molecule has 0 spiro atoms. The molecule has 0 heterocycles. The summed E-state index contributed by atoms with van der Waals surface area (Å²) in [6, 6.07) is 13.2. The van der Waals surface area contributed by atoms with Gasteiger partial charge in [0.25, 0.3) is 0 Å². The maximum atomic E-state index is 12.0. The topological polar surface area (TPSA) is 9.23 Å². The lowest BCUT2D eigenvalue weighted by molar-refractivity contribution is -0.274. The zero-order valence-corrected chi connectivity index (χ0v) is 9.37. The normalized spacial score (nSPS) is 11.3. The Kier molecular flexibility index (Phi) is 3.28. The first-order valence-electron chi connectivity index (χ1n) is 5.22. The van der Waals surface area contributed by atoms with Crippen molar-refractivity contribution in [1.82, 2.24) is 0 Å². The van der Waals surface area contributed by atoms with Gasteiger partial charge in [0.1, 0.15) is 5.75 Å². The summed E-state index contributed by atoms with van der Waals surface area (Å²) in [7, 11) is 0. The summed E-state index contributed by atoms with van der Waals surface area (Å²) < 4.78 is 39.7. The molecule has 2 aromatic carbocycles. The van der Waals surface area contributed by atoms with Gasteiger partial charge in [0, 0.05) is 0 Å². The van der Waals surface area contributed by atoms with Gasteiger partial charge in [-0.2, -0.15) is 0 Å². The van der Waals surface area contributed by atoms with Crippen LogP contribution in [0.3, 0.4) is 0 Å². The molecule has 2 aromatic rings. The number of ether oxygens (including phenoxy) is 1. The molecule has 0 amide bonds. The first-order chi connectivity index (χ1) is 8.44.